The standard InChI is InChI=1S/C15H21NO2/c1-11-8-9-15(14(17)18,12(2)10-11)16-13-6-4-3-5-7-13/h3-7,11-12,16H,8-10H2,1-2H3,(H,17,18). The van der Waals surface area contributed by atoms with Crippen molar-refractivity contribution in [1.29, 1.82) is 0 Å². The number of carboxylic acid groups (broad SMARTS) is 1. The number of hydrogen-bond donors (Lipinski definition) is 2. The molecule has 0 aromatic heterocycles. The van der Waals surface area contributed by atoms with Crippen LogP contribution < -0.4 is 5.32 Å². The zero-order valence-corrected chi connectivity index (χ0v) is 11.0. The molecule has 3 unspecified atom stereocenters. The van der Waals surface area contributed by atoms with Gasteiger partial charge in [0.1, 0.15) is 5.54 Å². The fourth-order valence-electron chi connectivity index (χ4n) is 2.98. The van der Waals surface area contributed by atoms with E-state index in [1.54, 1.807) is 0 Å². The molecule has 1 aliphatic rings. The first-order valence-corrected chi connectivity index (χ1v) is 6.61. The maximum Gasteiger partial charge on any atom is 0.329 e. The number of aliphatic carboxylic acids is 1. The number of rotatable bonds is 3. The van der Waals surface area contributed by atoms with Crippen LogP contribution in [-0.2, 0) is 4.79 Å². The molecule has 3 atom stereocenters. The molecule has 1 saturated carbocycles. The monoisotopic (exact) mass is 247 g/mol. The van der Waals surface area contributed by atoms with Gasteiger partial charge in [0.05, 0.1) is 0 Å². The Morgan fingerprint density at radius 3 is 2.56 bits per heavy atom. The van der Waals surface area contributed by atoms with Crippen molar-refractivity contribution in [2.45, 2.75) is 38.6 Å². The summed E-state index contributed by atoms with van der Waals surface area (Å²) in [6, 6.07) is 9.64. The van der Waals surface area contributed by atoms with E-state index in [9.17, 15) is 9.90 Å². The molecule has 1 aromatic carbocycles. The molecule has 18 heavy (non-hydrogen) atoms. The molecule has 1 aromatic rings. The number of nitrogens with one attached hydrogen (secondary N) is 1. The van der Waals surface area contributed by atoms with E-state index in [2.05, 4.69) is 12.2 Å². The molecule has 2 N–H and O–H groups in total. The summed E-state index contributed by atoms with van der Waals surface area (Å²) >= 11 is 0. The van der Waals surface area contributed by atoms with Gasteiger partial charge in [-0.2, -0.15) is 0 Å². The number of carbonyl (C=O) groups is 1. The molecule has 1 aliphatic carbocycles. The lowest BCUT2D eigenvalue weighted by molar-refractivity contribution is -0.145. The van der Waals surface area contributed by atoms with Crippen LogP contribution in [0.2, 0.25) is 0 Å². The highest BCUT2D eigenvalue weighted by atomic mass is 16.4. The van der Waals surface area contributed by atoms with Crippen molar-refractivity contribution in [2.24, 2.45) is 11.8 Å². The number of para-hydroxylation sites is 1. The van der Waals surface area contributed by atoms with E-state index >= 15 is 0 Å². The first-order chi connectivity index (χ1) is 8.54. The van der Waals surface area contributed by atoms with Gasteiger partial charge in [-0.15, -0.1) is 0 Å². The van der Waals surface area contributed by atoms with Crippen LogP contribution in [0.15, 0.2) is 30.3 Å². The lowest BCUT2D eigenvalue weighted by Gasteiger charge is -2.42. The average Bonchev–Trinajstić information content (AvgIpc) is 2.34. The summed E-state index contributed by atoms with van der Waals surface area (Å²) in [4.78, 5) is 11.7. The van der Waals surface area contributed by atoms with Gasteiger partial charge in [0, 0.05) is 5.69 Å². The third-order valence-electron chi connectivity index (χ3n) is 4.15. The van der Waals surface area contributed by atoms with Crippen LogP contribution in [0.5, 0.6) is 0 Å². The van der Waals surface area contributed by atoms with Gasteiger partial charge in [-0.05, 0) is 43.2 Å². The number of anilines is 1. The summed E-state index contributed by atoms with van der Waals surface area (Å²) in [6.07, 6.45) is 2.63. The molecule has 98 valence electrons. The molecule has 2 rings (SSSR count). The predicted octanol–water partition coefficient (Wildman–Crippen LogP) is 3.38. The van der Waals surface area contributed by atoms with Crippen LogP contribution >= 0.6 is 0 Å². The highest BCUT2D eigenvalue weighted by Gasteiger charge is 2.46. The molecule has 0 bridgehead atoms. The zero-order chi connectivity index (χ0) is 13.2. The Kier molecular flexibility index (Phi) is 3.60. The first kappa shape index (κ1) is 12.9. The highest BCUT2D eigenvalue weighted by molar-refractivity contribution is 5.83. The topological polar surface area (TPSA) is 49.3 Å². The Balaban J connectivity index is 2.25. The quantitative estimate of drug-likeness (QED) is 0.861. The number of benzene rings is 1. The van der Waals surface area contributed by atoms with E-state index in [-0.39, 0.29) is 5.92 Å². The fourth-order valence-corrected chi connectivity index (χ4v) is 2.98. The average molecular weight is 247 g/mol. The minimum Gasteiger partial charge on any atom is -0.479 e. The van der Waals surface area contributed by atoms with Gasteiger partial charge >= 0.3 is 5.97 Å². The largest absolute Gasteiger partial charge is 0.479 e. The van der Waals surface area contributed by atoms with E-state index in [0.29, 0.717) is 12.3 Å². The summed E-state index contributed by atoms with van der Waals surface area (Å²) in [6.45, 7) is 4.24. The third kappa shape index (κ3) is 2.35. The van der Waals surface area contributed by atoms with Crippen LogP contribution in [-0.4, -0.2) is 16.6 Å². The summed E-state index contributed by atoms with van der Waals surface area (Å²) in [7, 11) is 0. The maximum absolute atomic E-state index is 11.7. The second-order valence-corrected chi connectivity index (χ2v) is 5.55. The Hall–Kier alpha value is -1.51. The van der Waals surface area contributed by atoms with Crippen molar-refractivity contribution in [3.8, 4) is 0 Å². The predicted molar refractivity (Wildman–Crippen MR) is 72.6 cm³/mol. The normalized spacial score (nSPS) is 31.9. The number of hydrogen-bond acceptors (Lipinski definition) is 2. The lowest BCUT2D eigenvalue weighted by Crippen LogP contribution is -2.54. The summed E-state index contributed by atoms with van der Waals surface area (Å²) < 4.78 is 0. The molecule has 0 spiro atoms. The smallest absolute Gasteiger partial charge is 0.329 e. The summed E-state index contributed by atoms with van der Waals surface area (Å²) in [5.41, 5.74) is 0.0785. The van der Waals surface area contributed by atoms with Gasteiger partial charge in [0.25, 0.3) is 0 Å². The maximum atomic E-state index is 11.7. The van der Waals surface area contributed by atoms with E-state index in [4.69, 9.17) is 0 Å². The van der Waals surface area contributed by atoms with Crippen LogP contribution in [0.1, 0.15) is 33.1 Å². The van der Waals surface area contributed by atoms with Crippen molar-refractivity contribution in [3.05, 3.63) is 30.3 Å². The van der Waals surface area contributed by atoms with Crippen LogP contribution in [0.3, 0.4) is 0 Å². The van der Waals surface area contributed by atoms with Gasteiger partial charge < -0.3 is 10.4 Å². The molecular formula is C15H21NO2. The molecule has 3 heteroatoms. The Morgan fingerprint density at radius 1 is 1.33 bits per heavy atom. The fraction of sp³-hybridized carbons (Fsp3) is 0.533. The second-order valence-electron chi connectivity index (χ2n) is 5.55. The van der Waals surface area contributed by atoms with E-state index in [1.807, 2.05) is 37.3 Å². The number of carboxylic acids is 1. The van der Waals surface area contributed by atoms with E-state index in [0.717, 1.165) is 18.5 Å². The van der Waals surface area contributed by atoms with Gasteiger partial charge in [-0.1, -0.05) is 32.0 Å². The summed E-state index contributed by atoms with van der Waals surface area (Å²) in [5, 5.41) is 12.9. The van der Waals surface area contributed by atoms with Gasteiger partial charge in [-0.25, -0.2) is 4.79 Å². The van der Waals surface area contributed by atoms with Crippen molar-refractivity contribution < 1.29 is 9.90 Å². The Labute approximate surface area is 108 Å². The molecule has 0 amide bonds. The van der Waals surface area contributed by atoms with Crippen LogP contribution in [0.25, 0.3) is 0 Å². The van der Waals surface area contributed by atoms with Crippen molar-refractivity contribution in [1.82, 2.24) is 0 Å². The third-order valence-corrected chi connectivity index (χ3v) is 4.15. The van der Waals surface area contributed by atoms with Gasteiger partial charge in [0.2, 0.25) is 0 Å². The Morgan fingerprint density at radius 2 is 2.00 bits per heavy atom. The van der Waals surface area contributed by atoms with Crippen molar-refractivity contribution in [2.75, 3.05) is 5.32 Å². The first-order valence-electron chi connectivity index (χ1n) is 6.61. The zero-order valence-electron chi connectivity index (χ0n) is 11.0. The highest BCUT2D eigenvalue weighted by Crippen LogP contribution is 2.39. The molecule has 1 fully saturated rings. The minimum atomic E-state index is -0.812. The SMILES string of the molecule is CC1CCC(Nc2ccccc2)(C(=O)O)C(C)C1. The molecule has 0 heterocycles. The molecule has 3 nitrogen and oxygen atoms in total. The second kappa shape index (κ2) is 5.01. The van der Waals surface area contributed by atoms with Crippen LogP contribution in [0.4, 0.5) is 5.69 Å². The van der Waals surface area contributed by atoms with Crippen molar-refractivity contribution >= 4 is 11.7 Å². The van der Waals surface area contributed by atoms with E-state index in [1.165, 1.54) is 0 Å². The van der Waals surface area contributed by atoms with Gasteiger partial charge in [-0.3, -0.25) is 0 Å². The molecular weight excluding hydrogens is 226 g/mol. The minimum absolute atomic E-state index is 0.138. The van der Waals surface area contributed by atoms with E-state index < -0.39 is 11.5 Å². The Bertz CT molecular complexity index is 418. The molecule has 0 aliphatic heterocycles. The molecule has 0 saturated heterocycles. The van der Waals surface area contributed by atoms with Crippen molar-refractivity contribution in [3.63, 3.8) is 0 Å². The van der Waals surface area contributed by atoms with Gasteiger partial charge in [0.15, 0.2) is 0 Å². The summed E-state index contributed by atoms with van der Waals surface area (Å²) in [5.74, 6) is 0.0229. The lowest BCUT2D eigenvalue weighted by atomic mass is 9.70. The molecule has 0 radical (unpaired) electrons. The van der Waals surface area contributed by atoms with Crippen LogP contribution in [0, 0.1) is 11.8 Å².